The number of nitrogens with zero attached hydrogens (tertiary/aromatic N) is 4. The third-order valence-electron chi connectivity index (χ3n) is 4.63. The topological polar surface area (TPSA) is 67.8 Å². The van der Waals surface area contributed by atoms with Crippen LogP contribution in [0.3, 0.4) is 0 Å². The number of hydrogen-bond acceptors (Lipinski definition) is 6. The Hall–Kier alpha value is -2.83. The van der Waals surface area contributed by atoms with Crippen LogP contribution in [0.4, 0.5) is 5.82 Å². The minimum Gasteiger partial charge on any atom is -0.497 e. The van der Waals surface area contributed by atoms with Crippen molar-refractivity contribution < 1.29 is 14.3 Å². The van der Waals surface area contributed by atoms with Gasteiger partial charge in [0.25, 0.3) is 0 Å². The highest BCUT2D eigenvalue weighted by atomic mass is 16.5. The summed E-state index contributed by atoms with van der Waals surface area (Å²) in [5.41, 5.74) is 1.13. The summed E-state index contributed by atoms with van der Waals surface area (Å²) in [6.45, 7) is 1.31. The van der Waals surface area contributed by atoms with Crippen LogP contribution in [0, 0.1) is 0 Å². The number of aryl methyl sites for hydroxylation is 1. The summed E-state index contributed by atoms with van der Waals surface area (Å²) in [4.78, 5) is 24.8. The quantitative estimate of drug-likeness (QED) is 0.744. The van der Waals surface area contributed by atoms with Gasteiger partial charge in [0.1, 0.15) is 11.9 Å². The predicted molar refractivity (Wildman–Crippen MR) is 103 cm³/mol. The number of hydrogen-bond donors (Lipinski definition) is 0. The van der Waals surface area contributed by atoms with E-state index >= 15 is 0 Å². The van der Waals surface area contributed by atoms with Crippen molar-refractivity contribution in [3.8, 4) is 11.6 Å². The molecule has 7 heteroatoms. The fraction of sp³-hybridized carbons (Fsp3) is 0.450. The van der Waals surface area contributed by atoms with Crippen molar-refractivity contribution in [1.82, 2.24) is 14.9 Å². The fourth-order valence-corrected chi connectivity index (χ4v) is 3.03. The monoisotopic (exact) mass is 370 g/mol. The van der Waals surface area contributed by atoms with E-state index in [4.69, 9.17) is 9.47 Å². The molecule has 27 heavy (non-hydrogen) atoms. The van der Waals surface area contributed by atoms with Gasteiger partial charge in [0.2, 0.25) is 11.8 Å². The molecule has 144 valence electrons. The number of benzene rings is 1. The van der Waals surface area contributed by atoms with Crippen LogP contribution in [0.15, 0.2) is 36.7 Å². The van der Waals surface area contributed by atoms with Gasteiger partial charge < -0.3 is 19.3 Å². The van der Waals surface area contributed by atoms with Gasteiger partial charge in [0.15, 0.2) is 5.82 Å². The zero-order chi connectivity index (χ0) is 19.2. The Balaban J connectivity index is 1.48. The molecule has 1 saturated heterocycles. The fourth-order valence-electron chi connectivity index (χ4n) is 3.03. The molecule has 0 unspecified atom stereocenters. The molecule has 1 aromatic carbocycles. The average molecular weight is 370 g/mol. The molecule has 0 radical (unpaired) electrons. The van der Waals surface area contributed by atoms with Gasteiger partial charge in [-0.3, -0.25) is 9.78 Å². The van der Waals surface area contributed by atoms with E-state index in [0.29, 0.717) is 25.4 Å². The highest BCUT2D eigenvalue weighted by Gasteiger charge is 2.27. The standard InChI is InChI=1S/C20H26N4O3/c1-23(2)18-12-21-13-19(22-18)27-17-10-11-24(14-17)20(25)9-6-15-4-7-16(26-3)8-5-15/h4-5,7-8,12-13,17H,6,9-11,14H2,1-3H3/t17-/m0/s1. The van der Waals surface area contributed by atoms with Gasteiger partial charge in [0.05, 0.1) is 26.0 Å². The molecule has 1 aromatic heterocycles. The van der Waals surface area contributed by atoms with Gasteiger partial charge in [-0.2, -0.15) is 4.98 Å². The highest BCUT2D eigenvalue weighted by Crippen LogP contribution is 2.19. The first kappa shape index (κ1) is 18.9. The number of amides is 1. The second kappa shape index (κ2) is 8.70. The molecule has 7 nitrogen and oxygen atoms in total. The van der Waals surface area contributed by atoms with Crippen molar-refractivity contribution in [3.05, 3.63) is 42.2 Å². The molecule has 3 rings (SSSR count). The Morgan fingerprint density at radius 2 is 2.04 bits per heavy atom. The smallest absolute Gasteiger partial charge is 0.234 e. The number of carbonyl (C=O) groups excluding carboxylic acids is 1. The minimum absolute atomic E-state index is 0.0401. The van der Waals surface area contributed by atoms with E-state index in [2.05, 4.69) is 9.97 Å². The van der Waals surface area contributed by atoms with Crippen LogP contribution >= 0.6 is 0 Å². The second-order valence-electron chi connectivity index (χ2n) is 6.83. The summed E-state index contributed by atoms with van der Waals surface area (Å²) < 4.78 is 11.1. The lowest BCUT2D eigenvalue weighted by Crippen LogP contribution is -2.31. The summed E-state index contributed by atoms with van der Waals surface area (Å²) >= 11 is 0. The first-order valence-electron chi connectivity index (χ1n) is 9.12. The maximum atomic E-state index is 12.5. The van der Waals surface area contributed by atoms with Crippen molar-refractivity contribution in [2.75, 3.05) is 39.2 Å². The largest absolute Gasteiger partial charge is 0.497 e. The van der Waals surface area contributed by atoms with Gasteiger partial charge >= 0.3 is 0 Å². The lowest BCUT2D eigenvalue weighted by atomic mass is 10.1. The molecule has 0 N–H and O–H groups in total. The second-order valence-corrected chi connectivity index (χ2v) is 6.83. The van der Waals surface area contributed by atoms with Gasteiger partial charge in [-0.25, -0.2) is 0 Å². The maximum absolute atomic E-state index is 12.5. The van der Waals surface area contributed by atoms with E-state index in [1.807, 2.05) is 48.2 Å². The molecule has 0 aliphatic carbocycles. The third-order valence-corrected chi connectivity index (χ3v) is 4.63. The number of carbonyl (C=O) groups is 1. The highest BCUT2D eigenvalue weighted by molar-refractivity contribution is 5.76. The number of ether oxygens (including phenoxy) is 2. The molecule has 0 saturated carbocycles. The van der Waals surface area contributed by atoms with Crippen molar-refractivity contribution in [3.63, 3.8) is 0 Å². The minimum atomic E-state index is -0.0401. The maximum Gasteiger partial charge on any atom is 0.234 e. The van der Waals surface area contributed by atoms with Gasteiger partial charge in [0, 0.05) is 33.5 Å². The lowest BCUT2D eigenvalue weighted by molar-refractivity contribution is -0.130. The number of methoxy groups -OCH3 is 1. The number of aromatic nitrogens is 2. The lowest BCUT2D eigenvalue weighted by Gasteiger charge is -2.17. The van der Waals surface area contributed by atoms with E-state index in [9.17, 15) is 4.79 Å². The van der Waals surface area contributed by atoms with Crippen LogP contribution in [-0.4, -0.2) is 61.2 Å². The van der Waals surface area contributed by atoms with Crippen LogP contribution in [0.2, 0.25) is 0 Å². The molecule has 1 aliphatic heterocycles. The van der Waals surface area contributed by atoms with E-state index < -0.39 is 0 Å². The van der Waals surface area contributed by atoms with Crippen LogP contribution in [0.25, 0.3) is 0 Å². The normalized spacial score (nSPS) is 16.3. The third kappa shape index (κ3) is 5.09. The van der Waals surface area contributed by atoms with E-state index in [0.717, 1.165) is 30.0 Å². The molecule has 1 amide bonds. The summed E-state index contributed by atoms with van der Waals surface area (Å²) in [6.07, 6.45) is 5.29. The summed E-state index contributed by atoms with van der Waals surface area (Å²) in [5, 5.41) is 0. The SMILES string of the molecule is COc1ccc(CCC(=O)N2CC[C@H](Oc3cncc(N(C)C)n3)C2)cc1. The Morgan fingerprint density at radius 3 is 2.74 bits per heavy atom. The van der Waals surface area contributed by atoms with Crippen LogP contribution in [-0.2, 0) is 11.2 Å². The summed E-state index contributed by atoms with van der Waals surface area (Å²) in [7, 11) is 5.46. The molecular formula is C20H26N4O3. The zero-order valence-corrected chi connectivity index (χ0v) is 16.1. The van der Waals surface area contributed by atoms with Gasteiger partial charge in [-0.1, -0.05) is 12.1 Å². The molecule has 0 spiro atoms. The molecule has 1 fully saturated rings. The Kier molecular flexibility index (Phi) is 6.11. The molecule has 2 heterocycles. The van der Waals surface area contributed by atoms with Crippen LogP contribution in [0.5, 0.6) is 11.6 Å². The summed E-state index contributed by atoms with van der Waals surface area (Å²) in [6, 6.07) is 7.83. The van der Waals surface area contributed by atoms with Gasteiger partial charge in [-0.05, 0) is 24.1 Å². The predicted octanol–water partition coefficient (Wildman–Crippen LogP) is 2.16. The number of anilines is 1. The van der Waals surface area contributed by atoms with Crippen LogP contribution in [0.1, 0.15) is 18.4 Å². The molecular weight excluding hydrogens is 344 g/mol. The summed E-state index contributed by atoms with van der Waals surface area (Å²) in [5.74, 6) is 2.23. The van der Waals surface area contributed by atoms with E-state index in [1.165, 1.54) is 0 Å². The molecule has 0 bridgehead atoms. The number of rotatable bonds is 7. The van der Waals surface area contributed by atoms with Crippen molar-refractivity contribution in [1.29, 1.82) is 0 Å². The molecule has 1 aliphatic rings. The molecule has 2 aromatic rings. The zero-order valence-electron chi connectivity index (χ0n) is 16.1. The Morgan fingerprint density at radius 1 is 1.26 bits per heavy atom. The van der Waals surface area contributed by atoms with E-state index in [1.54, 1.807) is 19.5 Å². The van der Waals surface area contributed by atoms with Crippen molar-refractivity contribution >= 4 is 11.7 Å². The average Bonchev–Trinajstić information content (AvgIpc) is 3.15. The first-order chi connectivity index (χ1) is 13.0. The Labute approximate surface area is 159 Å². The Bertz CT molecular complexity index is 764. The van der Waals surface area contributed by atoms with E-state index in [-0.39, 0.29) is 12.0 Å². The van der Waals surface area contributed by atoms with Crippen molar-refractivity contribution in [2.45, 2.75) is 25.4 Å². The van der Waals surface area contributed by atoms with Crippen molar-refractivity contribution in [2.24, 2.45) is 0 Å². The molecule has 1 atom stereocenters. The first-order valence-corrected chi connectivity index (χ1v) is 9.12. The van der Waals surface area contributed by atoms with Crippen LogP contribution < -0.4 is 14.4 Å². The van der Waals surface area contributed by atoms with Gasteiger partial charge in [-0.15, -0.1) is 0 Å². The number of likely N-dealkylation sites (tertiary alicyclic amines) is 1.